The zero-order valence-corrected chi connectivity index (χ0v) is 13.6. The smallest absolute Gasteiger partial charge is 0.279 e. The fourth-order valence-corrected chi connectivity index (χ4v) is 4.98. The van der Waals surface area contributed by atoms with Gasteiger partial charge in [-0.2, -0.15) is 17.4 Å². The molecule has 2 aliphatic rings. The molecule has 0 spiro atoms. The van der Waals surface area contributed by atoms with Crippen molar-refractivity contribution in [1.29, 1.82) is 0 Å². The van der Waals surface area contributed by atoms with Crippen LogP contribution in [-0.4, -0.2) is 44.4 Å². The first-order valence-corrected chi connectivity index (χ1v) is 9.46. The van der Waals surface area contributed by atoms with Crippen molar-refractivity contribution in [2.45, 2.75) is 64.5 Å². The molecule has 2 fully saturated rings. The van der Waals surface area contributed by atoms with Crippen molar-refractivity contribution in [2.75, 3.05) is 19.6 Å². The average molecular weight is 303 g/mol. The minimum atomic E-state index is -3.28. The Morgan fingerprint density at radius 1 is 1.10 bits per heavy atom. The molecule has 0 amide bonds. The third-order valence-corrected chi connectivity index (χ3v) is 6.14. The van der Waals surface area contributed by atoms with Crippen LogP contribution in [-0.2, 0) is 10.2 Å². The lowest BCUT2D eigenvalue weighted by Crippen LogP contribution is -2.50. The molecule has 1 heterocycles. The predicted molar refractivity (Wildman–Crippen MR) is 81.7 cm³/mol. The molecule has 5 nitrogen and oxygen atoms in total. The minimum Gasteiger partial charge on any atom is -0.314 e. The monoisotopic (exact) mass is 303 g/mol. The Kier molecular flexibility index (Phi) is 5.84. The van der Waals surface area contributed by atoms with Gasteiger partial charge in [-0.15, -0.1) is 0 Å². The summed E-state index contributed by atoms with van der Waals surface area (Å²) in [6.45, 7) is 6.58. The van der Waals surface area contributed by atoms with Crippen LogP contribution in [0.2, 0.25) is 0 Å². The Hall–Kier alpha value is -0.170. The molecule has 1 aliphatic heterocycles. The standard InChI is InChI=1S/C14H29N3O2S/c1-3-15-13-6-8-14(9-7-13)16-20(18,19)17-10-4-5-12(2)11-17/h12-16H,3-11H2,1-2H3. The van der Waals surface area contributed by atoms with Crippen LogP contribution in [0.1, 0.15) is 52.4 Å². The number of nitrogens with one attached hydrogen (secondary N) is 2. The van der Waals surface area contributed by atoms with E-state index in [0.29, 0.717) is 25.0 Å². The first-order chi connectivity index (χ1) is 9.51. The molecule has 2 rings (SSSR count). The zero-order chi connectivity index (χ0) is 14.6. The van der Waals surface area contributed by atoms with Crippen LogP contribution in [0.5, 0.6) is 0 Å². The van der Waals surface area contributed by atoms with Gasteiger partial charge >= 0.3 is 0 Å². The van der Waals surface area contributed by atoms with Gasteiger partial charge in [-0.05, 0) is 51.0 Å². The van der Waals surface area contributed by atoms with Crippen molar-refractivity contribution >= 4 is 10.2 Å². The molecule has 0 bridgehead atoms. The molecule has 6 heteroatoms. The average Bonchev–Trinajstić information content (AvgIpc) is 2.41. The maximum atomic E-state index is 12.4. The molecule has 0 aromatic heterocycles. The highest BCUT2D eigenvalue weighted by Gasteiger charge is 2.30. The van der Waals surface area contributed by atoms with Gasteiger partial charge in [-0.3, -0.25) is 0 Å². The van der Waals surface area contributed by atoms with Crippen LogP contribution < -0.4 is 10.0 Å². The maximum Gasteiger partial charge on any atom is 0.279 e. The Labute approximate surface area is 123 Å². The van der Waals surface area contributed by atoms with E-state index in [9.17, 15) is 8.42 Å². The van der Waals surface area contributed by atoms with Crippen LogP contribution in [0, 0.1) is 5.92 Å². The number of nitrogens with zero attached hydrogens (tertiary/aromatic N) is 1. The van der Waals surface area contributed by atoms with Crippen LogP contribution >= 0.6 is 0 Å². The number of rotatable bonds is 5. The molecule has 1 aliphatic carbocycles. The molecule has 1 unspecified atom stereocenters. The van der Waals surface area contributed by atoms with Gasteiger partial charge in [-0.1, -0.05) is 13.8 Å². The lowest BCUT2D eigenvalue weighted by molar-refractivity contribution is 0.270. The SMILES string of the molecule is CCNC1CCC(NS(=O)(=O)N2CCCC(C)C2)CC1. The van der Waals surface area contributed by atoms with Gasteiger partial charge in [0.25, 0.3) is 10.2 Å². The fraction of sp³-hybridized carbons (Fsp3) is 1.00. The fourth-order valence-electron chi connectivity index (χ4n) is 3.35. The summed E-state index contributed by atoms with van der Waals surface area (Å²) in [6.07, 6.45) is 6.14. The van der Waals surface area contributed by atoms with Crippen molar-refractivity contribution in [3.8, 4) is 0 Å². The van der Waals surface area contributed by atoms with Gasteiger partial charge in [0.1, 0.15) is 0 Å². The highest BCUT2D eigenvalue weighted by atomic mass is 32.2. The number of piperidine rings is 1. The van der Waals surface area contributed by atoms with Gasteiger partial charge in [0.15, 0.2) is 0 Å². The predicted octanol–water partition coefficient (Wildman–Crippen LogP) is 1.47. The molecule has 0 aromatic rings. The third-order valence-electron chi connectivity index (χ3n) is 4.50. The zero-order valence-electron chi connectivity index (χ0n) is 12.8. The van der Waals surface area contributed by atoms with E-state index in [-0.39, 0.29) is 6.04 Å². The molecule has 1 saturated carbocycles. The van der Waals surface area contributed by atoms with E-state index in [2.05, 4.69) is 23.9 Å². The van der Waals surface area contributed by atoms with E-state index in [1.165, 1.54) is 0 Å². The molecule has 1 saturated heterocycles. The summed E-state index contributed by atoms with van der Waals surface area (Å²) in [7, 11) is -3.28. The van der Waals surface area contributed by atoms with Crippen molar-refractivity contribution in [2.24, 2.45) is 5.92 Å². The van der Waals surface area contributed by atoms with E-state index in [0.717, 1.165) is 45.1 Å². The second-order valence-corrected chi connectivity index (χ2v) is 8.04. The maximum absolute atomic E-state index is 12.4. The molecule has 2 N–H and O–H groups in total. The second kappa shape index (κ2) is 7.20. The Balaban J connectivity index is 1.83. The van der Waals surface area contributed by atoms with E-state index < -0.39 is 10.2 Å². The summed E-state index contributed by atoms with van der Waals surface area (Å²) in [5.41, 5.74) is 0. The van der Waals surface area contributed by atoms with Gasteiger partial charge in [0.05, 0.1) is 0 Å². The Bertz CT molecular complexity index is 391. The van der Waals surface area contributed by atoms with E-state index in [1.807, 2.05) is 0 Å². The highest BCUT2D eigenvalue weighted by Crippen LogP contribution is 2.22. The minimum absolute atomic E-state index is 0.118. The molecular weight excluding hydrogens is 274 g/mol. The lowest BCUT2D eigenvalue weighted by atomic mass is 9.92. The molecule has 118 valence electrons. The Morgan fingerprint density at radius 3 is 2.35 bits per heavy atom. The van der Waals surface area contributed by atoms with Crippen molar-refractivity contribution in [3.63, 3.8) is 0 Å². The molecule has 1 atom stereocenters. The lowest BCUT2D eigenvalue weighted by Gasteiger charge is -2.34. The molecular formula is C14H29N3O2S. The number of hydrogen-bond donors (Lipinski definition) is 2. The topological polar surface area (TPSA) is 61.4 Å². The van der Waals surface area contributed by atoms with E-state index in [1.54, 1.807) is 4.31 Å². The summed E-state index contributed by atoms with van der Waals surface area (Å²) in [4.78, 5) is 0. The van der Waals surface area contributed by atoms with Crippen LogP contribution in [0.25, 0.3) is 0 Å². The van der Waals surface area contributed by atoms with Crippen LogP contribution in [0.3, 0.4) is 0 Å². The van der Waals surface area contributed by atoms with Crippen molar-refractivity contribution in [3.05, 3.63) is 0 Å². The first kappa shape index (κ1) is 16.2. The summed E-state index contributed by atoms with van der Waals surface area (Å²) in [5, 5.41) is 3.45. The quantitative estimate of drug-likeness (QED) is 0.808. The van der Waals surface area contributed by atoms with E-state index in [4.69, 9.17) is 0 Å². The summed E-state index contributed by atoms with van der Waals surface area (Å²) < 4.78 is 29.4. The van der Waals surface area contributed by atoms with Crippen molar-refractivity contribution in [1.82, 2.24) is 14.3 Å². The van der Waals surface area contributed by atoms with Crippen molar-refractivity contribution < 1.29 is 8.42 Å². The van der Waals surface area contributed by atoms with Crippen LogP contribution in [0.4, 0.5) is 0 Å². The summed E-state index contributed by atoms with van der Waals surface area (Å²) >= 11 is 0. The second-order valence-electron chi connectivity index (χ2n) is 6.33. The van der Waals surface area contributed by atoms with Crippen LogP contribution in [0.15, 0.2) is 0 Å². The highest BCUT2D eigenvalue weighted by molar-refractivity contribution is 7.87. The van der Waals surface area contributed by atoms with Gasteiger partial charge in [0.2, 0.25) is 0 Å². The normalized spacial score (nSPS) is 33.2. The van der Waals surface area contributed by atoms with Gasteiger partial charge in [-0.25, -0.2) is 0 Å². The summed E-state index contributed by atoms with van der Waals surface area (Å²) in [6, 6.07) is 0.683. The third kappa shape index (κ3) is 4.41. The van der Waals surface area contributed by atoms with Gasteiger partial charge in [0, 0.05) is 25.2 Å². The largest absolute Gasteiger partial charge is 0.314 e. The first-order valence-electron chi connectivity index (χ1n) is 8.02. The molecule has 0 radical (unpaired) electrons. The summed E-state index contributed by atoms with van der Waals surface area (Å²) in [5.74, 6) is 0.477. The number of hydrogen-bond acceptors (Lipinski definition) is 3. The molecule has 0 aromatic carbocycles. The van der Waals surface area contributed by atoms with Gasteiger partial charge < -0.3 is 5.32 Å². The van der Waals surface area contributed by atoms with E-state index >= 15 is 0 Å². The molecule has 20 heavy (non-hydrogen) atoms. The Morgan fingerprint density at radius 2 is 1.75 bits per heavy atom.